The third-order valence-electron chi connectivity index (χ3n) is 5.45. The lowest BCUT2D eigenvalue weighted by molar-refractivity contribution is 0.0957. The van der Waals surface area contributed by atoms with Gasteiger partial charge in [-0.2, -0.15) is 5.26 Å². The van der Waals surface area contributed by atoms with Gasteiger partial charge in [0.05, 0.1) is 23.7 Å². The van der Waals surface area contributed by atoms with Gasteiger partial charge in [-0.3, -0.25) is 14.2 Å². The Morgan fingerprint density at radius 2 is 2.23 bits per heavy atom. The van der Waals surface area contributed by atoms with Crippen LogP contribution in [0.25, 0.3) is 10.2 Å². The van der Waals surface area contributed by atoms with Crippen LogP contribution in [0.5, 0.6) is 0 Å². The van der Waals surface area contributed by atoms with E-state index in [0.717, 1.165) is 24.9 Å². The molecule has 0 bridgehead atoms. The van der Waals surface area contributed by atoms with Crippen molar-refractivity contribution in [3.8, 4) is 6.07 Å². The minimum atomic E-state index is -0.241. The standard InChI is InChI=1S/C22H24N6O2S/c1-2-25-20(29)17-13-31-19-18(17)26-22(27-9-5-8-16(24)12-27)28(21(19)30)11-15-7-4-3-6-14(15)10-23/h3-4,6-7,13,16H,2,5,8-9,11-12,24H2,1H3,(H,25,29). The molecular weight excluding hydrogens is 412 g/mol. The predicted molar refractivity (Wildman–Crippen MR) is 122 cm³/mol. The molecule has 3 heterocycles. The summed E-state index contributed by atoms with van der Waals surface area (Å²) in [7, 11) is 0. The van der Waals surface area contributed by atoms with Gasteiger partial charge in [0.1, 0.15) is 10.2 Å². The molecule has 1 amide bonds. The highest BCUT2D eigenvalue weighted by molar-refractivity contribution is 7.17. The van der Waals surface area contributed by atoms with E-state index in [1.165, 1.54) is 11.3 Å². The van der Waals surface area contributed by atoms with Gasteiger partial charge in [-0.25, -0.2) is 4.98 Å². The summed E-state index contributed by atoms with van der Waals surface area (Å²) in [6.45, 7) is 3.87. The van der Waals surface area contributed by atoms with Crippen molar-refractivity contribution in [1.29, 1.82) is 5.26 Å². The average molecular weight is 437 g/mol. The monoisotopic (exact) mass is 436 g/mol. The minimum absolute atomic E-state index is 0.00784. The highest BCUT2D eigenvalue weighted by Gasteiger charge is 2.25. The Morgan fingerprint density at radius 3 is 2.97 bits per heavy atom. The molecular formula is C22H24N6O2S. The average Bonchev–Trinajstić information content (AvgIpc) is 3.20. The number of amides is 1. The van der Waals surface area contributed by atoms with E-state index in [4.69, 9.17) is 10.7 Å². The van der Waals surface area contributed by atoms with Crippen molar-refractivity contribution in [2.75, 3.05) is 24.5 Å². The van der Waals surface area contributed by atoms with Crippen molar-refractivity contribution < 1.29 is 4.79 Å². The summed E-state index contributed by atoms with van der Waals surface area (Å²) < 4.78 is 2.04. The minimum Gasteiger partial charge on any atom is -0.352 e. The second-order valence-corrected chi connectivity index (χ2v) is 8.49. The van der Waals surface area contributed by atoms with E-state index >= 15 is 0 Å². The van der Waals surface area contributed by atoms with Crippen LogP contribution in [-0.2, 0) is 6.54 Å². The highest BCUT2D eigenvalue weighted by Crippen LogP contribution is 2.26. The van der Waals surface area contributed by atoms with E-state index in [1.807, 2.05) is 24.0 Å². The number of benzene rings is 1. The van der Waals surface area contributed by atoms with E-state index in [0.29, 0.717) is 40.4 Å². The summed E-state index contributed by atoms with van der Waals surface area (Å²) in [5.74, 6) is 0.249. The number of fused-ring (bicyclic) bond motifs is 1. The number of nitrogens with one attached hydrogen (secondary N) is 1. The molecule has 1 unspecified atom stereocenters. The topological polar surface area (TPSA) is 117 Å². The molecule has 0 radical (unpaired) electrons. The van der Waals surface area contributed by atoms with E-state index in [1.54, 1.807) is 22.1 Å². The first kappa shape index (κ1) is 21.0. The summed E-state index contributed by atoms with van der Waals surface area (Å²) in [5.41, 5.74) is 8.07. The van der Waals surface area contributed by atoms with Crippen molar-refractivity contribution in [2.24, 2.45) is 5.73 Å². The van der Waals surface area contributed by atoms with Crippen LogP contribution in [0.3, 0.4) is 0 Å². The van der Waals surface area contributed by atoms with Gasteiger partial charge in [-0.15, -0.1) is 11.3 Å². The molecule has 0 spiro atoms. The third-order valence-corrected chi connectivity index (χ3v) is 6.40. The summed E-state index contributed by atoms with van der Waals surface area (Å²) in [4.78, 5) is 32.9. The van der Waals surface area contributed by atoms with Crippen molar-refractivity contribution in [3.63, 3.8) is 0 Å². The van der Waals surface area contributed by atoms with Gasteiger partial charge < -0.3 is 16.0 Å². The number of nitrogens with zero attached hydrogens (tertiary/aromatic N) is 4. The molecule has 1 saturated heterocycles. The van der Waals surface area contributed by atoms with Crippen molar-refractivity contribution in [2.45, 2.75) is 32.4 Å². The molecule has 0 saturated carbocycles. The predicted octanol–water partition coefficient (Wildman–Crippen LogP) is 2.06. The molecule has 1 aliphatic heterocycles. The Morgan fingerprint density at radius 1 is 1.42 bits per heavy atom. The molecule has 1 fully saturated rings. The molecule has 1 atom stereocenters. The maximum Gasteiger partial charge on any atom is 0.273 e. The molecule has 8 nitrogen and oxygen atoms in total. The van der Waals surface area contributed by atoms with Crippen LogP contribution in [0.15, 0.2) is 34.4 Å². The van der Waals surface area contributed by atoms with Crippen molar-refractivity contribution in [1.82, 2.24) is 14.9 Å². The van der Waals surface area contributed by atoms with Gasteiger partial charge in [0.2, 0.25) is 5.95 Å². The summed E-state index contributed by atoms with van der Waals surface area (Å²) in [5, 5.41) is 14.0. The highest BCUT2D eigenvalue weighted by atomic mass is 32.1. The number of hydrogen-bond donors (Lipinski definition) is 2. The quantitative estimate of drug-likeness (QED) is 0.632. The summed E-state index contributed by atoms with van der Waals surface area (Å²) >= 11 is 1.22. The van der Waals surface area contributed by atoms with Gasteiger partial charge >= 0.3 is 0 Å². The maximum absolute atomic E-state index is 13.5. The Hall–Kier alpha value is -3.22. The van der Waals surface area contributed by atoms with Crippen LogP contribution in [0, 0.1) is 11.3 Å². The Bertz CT molecular complexity index is 1220. The number of rotatable bonds is 5. The molecule has 3 N–H and O–H groups in total. The van der Waals surface area contributed by atoms with Crippen molar-refractivity contribution in [3.05, 3.63) is 56.7 Å². The van der Waals surface area contributed by atoms with Crippen LogP contribution < -0.4 is 21.5 Å². The van der Waals surface area contributed by atoms with Gasteiger partial charge in [-0.05, 0) is 31.4 Å². The van der Waals surface area contributed by atoms with Crippen LogP contribution >= 0.6 is 11.3 Å². The zero-order valence-electron chi connectivity index (χ0n) is 17.3. The zero-order valence-corrected chi connectivity index (χ0v) is 18.1. The Balaban J connectivity index is 1.90. The number of nitrogens with two attached hydrogens (primary N) is 1. The number of anilines is 1. The number of hydrogen-bond acceptors (Lipinski definition) is 7. The fourth-order valence-electron chi connectivity index (χ4n) is 3.92. The van der Waals surface area contributed by atoms with E-state index in [9.17, 15) is 14.9 Å². The number of aromatic nitrogens is 2. The smallest absolute Gasteiger partial charge is 0.273 e. The fraction of sp³-hybridized carbons (Fsp3) is 0.364. The molecule has 1 aliphatic rings. The largest absolute Gasteiger partial charge is 0.352 e. The molecule has 0 aliphatic carbocycles. The van der Waals surface area contributed by atoms with Crippen LogP contribution in [0.2, 0.25) is 0 Å². The van der Waals surface area contributed by atoms with E-state index in [-0.39, 0.29) is 24.1 Å². The third kappa shape index (κ3) is 4.04. The second kappa shape index (κ2) is 8.88. The first-order valence-electron chi connectivity index (χ1n) is 10.3. The molecule has 3 aromatic rings. The number of thiophene rings is 1. The number of nitriles is 1. The molecule has 160 valence electrons. The molecule has 1 aromatic carbocycles. The lowest BCUT2D eigenvalue weighted by Gasteiger charge is -2.33. The molecule has 4 rings (SSSR count). The first-order valence-corrected chi connectivity index (χ1v) is 11.2. The van der Waals surface area contributed by atoms with Gasteiger partial charge in [-0.1, -0.05) is 18.2 Å². The normalized spacial score (nSPS) is 16.3. The van der Waals surface area contributed by atoms with Crippen LogP contribution in [0.4, 0.5) is 5.95 Å². The SMILES string of the molecule is CCNC(=O)c1csc2c(=O)n(Cc3ccccc3C#N)c(N3CCCC(N)C3)nc12. The first-order chi connectivity index (χ1) is 15.0. The Kier molecular flexibility index (Phi) is 6.02. The maximum atomic E-state index is 13.5. The van der Waals surface area contributed by atoms with E-state index in [2.05, 4.69) is 11.4 Å². The van der Waals surface area contributed by atoms with Crippen LogP contribution in [0.1, 0.15) is 41.3 Å². The molecule has 9 heteroatoms. The molecule has 2 aromatic heterocycles. The number of piperidine rings is 1. The lowest BCUT2D eigenvalue weighted by Crippen LogP contribution is -2.45. The van der Waals surface area contributed by atoms with E-state index < -0.39 is 0 Å². The van der Waals surface area contributed by atoms with Gasteiger partial charge in [0, 0.05) is 31.1 Å². The molecule has 31 heavy (non-hydrogen) atoms. The van der Waals surface area contributed by atoms with Gasteiger partial charge in [0.25, 0.3) is 11.5 Å². The van der Waals surface area contributed by atoms with Gasteiger partial charge in [0.15, 0.2) is 0 Å². The summed E-state index contributed by atoms with van der Waals surface area (Å²) in [6.07, 6.45) is 1.82. The lowest BCUT2D eigenvalue weighted by atomic mass is 10.1. The number of carbonyl (C=O) groups is 1. The van der Waals surface area contributed by atoms with Crippen molar-refractivity contribution >= 4 is 33.4 Å². The second-order valence-electron chi connectivity index (χ2n) is 7.61. The zero-order chi connectivity index (χ0) is 22.0. The number of carbonyl (C=O) groups excluding carboxylic acids is 1. The van der Waals surface area contributed by atoms with Crippen LogP contribution in [-0.4, -0.2) is 41.1 Å². The summed E-state index contributed by atoms with van der Waals surface area (Å²) in [6, 6.07) is 9.41. The Labute approximate surface area is 183 Å². The fourth-order valence-corrected chi connectivity index (χ4v) is 4.85.